The van der Waals surface area contributed by atoms with Crippen molar-refractivity contribution in [3.8, 4) is 11.5 Å². The quantitative estimate of drug-likeness (QED) is 0.271. The van der Waals surface area contributed by atoms with Crippen LogP contribution >= 0.6 is 23.2 Å². The molecule has 0 atom stereocenters. The number of nitrogens with zero attached hydrogens (tertiary/aromatic N) is 1. The molecule has 0 saturated heterocycles. The van der Waals surface area contributed by atoms with Gasteiger partial charge in [-0.1, -0.05) is 53.5 Å². The fraction of sp³-hybridized carbons (Fsp3) is 0.259. The Balaban J connectivity index is 1.50. The van der Waals surface area contributed by atoms with Gasteiger partial charge >= 0.3 is 0 Å². The normalized spacial score (nSPS) is 11.2. The molecule has 0 spiro atoms. The van der Waals surface area contributed by atoms with Crippen molar-refractivity contribution in [2.24, 2.45) is 0 Å². The van der Waals surface area contributed by atoms with E-state index < -0.39 is 0 Å². The van der Waals surface area contributed by atoms with Crippen molar-refractivity contribution in [2.45, 2.75) is 26.4 Å². The molecule has 0 aliphatic heterocycles. The van der Waals surface area contributed by atoms with Crippen LogP contribution in [0.15, 0.2) is 60.7 Å². The fourth-order valence-electron chi connectivity index (χ4n) is 4.23. The van der Waals surface area contributed by atoms with Gasteiger partial charge in [0.1, 0.15) is 0 Å². The smallest absolute Gasteiger partial charge is 0.160 e. The molecule has 3 aromatic carbocycles. The summed E-state index contributed by atoms with van der Waals surface area (Å²) in [4.78, 5) is 0. The Bertz CT molecular complexity index is 1270. The number of aromatic nitrogens is 1. The summed E-state index contributed by atoms with van der Waals surface area (Å²) >= 11 is 12.5. The summed E-state index contributed by atoms with van der Waals surface area (Å²) in [5.74, 6) is 1.51. The lowest BCUT2D eigenvalue weighted by atomic mass is 10.1. The molecule has 33 heavy (non-hydrogen) atoms. The molecule has 1 heterocycles. The van der Waals surface area contributed by atoms with Crippen molar-refractivity contribution in [1.29, 1.82) is 0 Å². The molecule has 4 nitrogen and oxygen atoms in total. The van der Waals surface area contributed by atoms with E-state index in [2.05, 4.69) is 47.1 Å². The van der Waals surface area contributed by atoms with Crippen LogP contribution in [-0.2, 0) is 19.5 Å². The monoisotopic (exact) mass is 482 g/mol. The standard InChI is InChI=1S/C27H28Cl2N2O2/c1-18-23(16-30-13-12-19-8-11-26(32-2)27(14-19)33-3)22-6-4-5-7-25(22)31(18)17-20-9-10-21(28)15-24(20)29/h4-11,14-15,30H,12-13,16-17H2,1-3H3. The van der Waals surface area contributed by atoms with Crippen molar-refractivity contribution in [3.63, 3.8) is 0 Å². The summed E-state index contributed by atoms with van der Waals surface area (Å²) < 4.78 is 13.1. The number of ether oxygens (including phenoxy) is 2. The topological polar surface area (TPSA) is 35.4 Å². The number of methoxy groups -OCH3 is 2. The zero-order valence-corrected chi connectivity index (χ0v) is 20.6. The average molecular weight is 483 g/mol. The Hall–Kier alpha value is -2.66. The molecule has 4 rings (SSSR count). The molecule has 0 unspecified atom stereocenters. The molecule has 6 heteroatoms. The first kappa shape index (κ1) is 23.5. The van der Waals surface area contributed by atoms with Gasteiger partial charge in [0, 0.05) is 39.7 Å². The fourth-order valence-corrected chi connectivity index (χ4v) is 4.70. The average Bonchev–Trinajstić information content (AvgIpc) is 3.09. The highest BCUT2D eigenvalue weighted by Gasteiger charge is 2.15. The van der Waals surface area contributed by atoms with Crippen LogP contribution in [0, 0.1) is 6.92 Å². The third kappa shape index (κ3) is 5.14. The van der Waals surface area contributed by atoms with Gasteiger partial charge in [0.15, 0.2) is 11.5 Å². The highest BCUT2D eigenvalue weighted by atomic mass is 35.5. The molecule has 0 fully saturated rings. The van der Waals surface area contributed by atoms with Gasteiger partial charge in [-0.05, 0) is 66.9 Å². The summed E-state index contributed by atoms with van der Waals surface area (Å²) in [5.41, 5.74) is 6.01. The van der Waals surface area contributed by atoms with Crippen LogP contribution in [-0.4, -0.2) is 25.3 Å². The number of hydrogen-bond donors (Lipinski definition) is 1. The second-order valence-electron chi connectivity index (χ2n) is 8.02. The molecular formula is C27H28Cl2N2O2. The molecule has 4 aromatic rings. The van der Waals surface area contributed by atoms with Crippen molar-refractivity contribution in [2.75, 3.05) is 20.8 Å². The third-order valence-electron chi connectivity index (χ3n) is 6.05. The van der Waals surface area contributed by atoms with E-state index in [4.69, 9.17) is 32.7 Å². The van der Waals surface area contributed by atoms with E-state index in [1.54, 1.807) is 20.3 Å². The Morgan fingerprint density at radius 2 is 1.70 bits per heavy atom. The van der Waals surface area contributed by atoms with Crippen LogP contribution in [0.2, 0.25) is 10.0 Å². The second-order valence-corrected chi connectivity index (χ2v) is 8.86. The van der Waals surface area contributed by atoms with Gasteiger partial charge in [-0.3, -0.25) is 0 Å². The SMILES string of the molecule is COc1ccc(CCNCc2c(C)n(Cc3ccc(Cl)cc3Cl)c3ccccc23)cc1OC. The van der Waals surface area contributed by atoms with E-state index in [-0.39, 0.29) is 0 Å². The molecule has 0 saturated carbocycles. The predicted octanol–water partition coefficient (Wildman–Crippen LogP) is 6.65. The summed E-state index contributed by atoms with van der Waals surface area (Å²) in [6.45, 7) is 4.53. The Labute approximate surface area is 205 Å². The van der Waals surface area contributed by atoms with E-state index >= 15 is 0 Å². The zero-order chi connectivity index (χ0) is 23.4. The molecule has 0 aliphatic rings. The third-order valence-corrected chi connectivity index (χ3v) is 6.63. The summed E-state index contributed by atoms with van der Waals surface area (Å²) in [6.07, 6.45) is 0.901. The first-order valence-corrected chi connectivity index (χ1v) is 11.7. The lowest BCUT2D eigenvalue weighted by molar-refractivity contribution is 0.354. The summed E-state index contributed by atoms with van der Waals surface area (Å²) in [6, 6.07) is 20.3. The van der Waals surface area contributed by atoms with E-state index in [9.17, 15) is 0 Å². The molecule has 0 radical (unpaired) electrons. The molecule has 0 aliphatic carbocycles. The van der Waals surface area contributed by atoms with E-state index in [0.29, 0.717) is 16.6 Å². The largest absolute Gasteiger partial charge is 0.493 e. The minimum atomic E-state index is 0.650. The van der Waals surface area contributed by atoms with Crippen molar-refractivity contribution in [1.82, 2.24) is 9.88 Å². The van der Waals surface area contributed by atoms with Gasteiger partial charge < -0.3 is 19.4 Å². The van der Waals surface area contributed by atoms with Gasteiger partial charge in [-0.15, -0.1) is 0 Å². The number of nitrogens with one attached hydrogen (secondary N) is 1. The maximum atomic E-state index is 6.46. The number of halogens is 2. The van der Waals surface area contributed by atoms with Crippen LogP contribution in [0.4, 0.5) is 0 Å². The Morgan fingerprint density at radius 1 is 0.909 bits per heavy atom. The number of rotatable bonds is 9. The van der Waals surface area contributed by atoms with Crippen molar-refractivity contribution < 1.29 is 9.47 Å². The lowest BCUT2D eigenvalue weighted by Crippen LogP contribution is -2.17. The van der Waals surface area contributed by atoms with Crippen LogP contribution in [0.1, 0.15) is 22.4 Å². The first-order valence-electron chi connectivity index (χ1n) is 10.9. The van der Waals surface area contributed by atoms with Gasteiger partial charge in [0.25, 0.3) is 0 Å². The van der Waals surface area contributed by atoms with Crippen LogP contribution in [0.5, 0.6) is 11.5 Å². The summed E-state index contributed by atoms with van der Waals surface area (Å²) in [5, 5.41) is 6.22. The van der Waals surface area contributed by atoms with E-state index in [1.165, 1.54) is 27.7 Å². The Kier molecular flexibility index (Phi) is 7.49. The number of para-hydroxylation sites is 1. The zero-order valence-electron chi connectivity index (χ0n) is 19.1. The van der Waals surface area contributed by atoms with Crippen molar-refractivity contribution >= 4 is 34.1 Å². The molecule has 1 aromatic heterocycles. The minimum Gasteiger partial charge on any atom is -0.493 e. The van der Waals surface area contributed by atoms with Gasteiger partial charge in [-0.25, -0.2) is 0 Å². The first-order chi connectivity index (χ1) is 16.0. The highest BCUT2D eigenvalue weighted by Crippen LogP contribution is 2.30. The number of benzene rings is 3. The van der Waals surface area contributed by atoms with Crippen LogP contribution < -0.4 is 14.8 Å². The van der Waals surface area contributed by atoms with Gasteiger partial charge in [0.2, 0.25) is 0 Å². The summed E-state index contributed by atoms with van der Waals surface area (Å²) in [7, 11) is 3.31. The second kappa shape index (κ2) is 10.5. The number of hydrogen-bond acceptors (Lipinski definition) is 3. The van der Waals surface area contributed by atoms with Crippen LogP contribution in [0.25, 0.3) is 10.9 Å². The van der Waals surface area contributed by atoms with E-state index in [1.807, 2.05) is 24.3 Å². The number of fused-ring (bicyclic) bond motifs is 1. The maximum Gasteiger partial charge on any atom is 0.160 e. The lowest BCUT2D eigenvalue weighted by Gasteiger charge is -2.12. The minimum absolute atomic E-state index is 0.650. The molecular weight excluding hydrogens is 455 g/mol. The Morgan fingerprint density at radius 3 is 2.45 bits per heavy atom. The van der Waals surface area contributed by atoms with Gasteiger partial charge in [-0.2, -0.15) is 0 Å². The maximum absolute atomic E-state index is 6.46. The highest BCUT2D eigenvalue weighted by molar-refractivity contribution is 6.35. The predicted molar refractivity (Wildman–Crippen MR) is 137 cm³/mol. The molecule has 1 N–H and O–H groups in total. The molecule has 172 valence electrons. The van der Waals surface area contributed by atoms with E-state index in [0.717, 1.165) is 36.6 Å². The van der Waals surface area contributed by atoms with Crippen LogP contribution in [0.3, 0.4) is 0 Å². The van der Waals surface area contributed by atoms with Crippen molar-refractivity contribution in [3.05, 3.63) is 93.1 Å². The molecule has 0 amide bonds. The van der Waals surface area contributed by atoms with Gasteiger partial charge in [0.05, 0.1) is 14.2 Å². The molecule has 0 bridgehead atoms.